The van der Waals surface area contributed by atoms with Gasteiger partial charge in [0, 0.05) is 6.54 Å². The average molecular weight is 263 g/mol. The molecule has 0 unspecified atom stereocenters. The molecule has 6 nitrogen and oxygen atoms in total. The number of nitrogens with two attached hydrogens (primary N) is 1. The van der Waals surface area contributed by atoms with Gasteiger partial charge in [-0.15, -0.1) is 0 Å². The van der Waals surface area contributed by atoms with Crippen LogP contribution in [0.15, 0.2) is 12.8 Å². The summed E-state index contributed by atoms with van der Waals surface area (Å²) in [5, 5.41) is 0. The first-order valence-electron chi connectivity index (χ1n) is 6.15. The predicted molar refractivity (Wildman–Crippen MR) is 68.5 cm³/mol. The third kappa shape index (κ3) is 15.3. The van der Waals surface area contributed by atoms with E-state index >= 15 is 0 Å². The summed E-state index contributed by atoms with van der Waals surface area (Å²) < 4.78 is 25.8. The molecule has 18 heavy (non-hydrogen) atoms. The fourth-order valence-corrected chi connectivity index (χ4v) is 1.04. The maximum Gasteiger partial charge on any atom is 0.111 e. The zero-order valence-corrected chi connectivity index (χ0v) is 11.0. The number of hydrogen-bond donors (Lipinski definition) is 1. The first-order chi connectivity index (χ1) is 8.91. The van der Waals surface area contributed by atoms with Crippen LogP contribution in [-0.4, -0.2) is 66.0 Å². The van der Waals surface area contributed by atoms with Crippen molar-refractivity contribution >= 4 is 0 Å². The molecule has 0 aromatic rings. The van der Waals surface area contributed by atoms with Gasteiger partial charge < -0.3 is 29.4 Å². The van der Waals surface area contributed by atoms with Gasteiger partial charge in [0.1, 0.15) is 6.61 Å². The van der Waals surface area contributed by atoms with Gasteiger partial charge in [-0.25, -0.2) is 0 Å². The predicted octanol–water partition coefficient (Wildman–Crippen LogP) is 0.172. The van der Waals surface area contributed by atoms with Crippen molar-refractivity contribution in [2.75, 3.05) is 66.0 Å². The van der Waals surface area contributed by atoms with E-state index in [0.717, 1.165) is 0 Å². The summed E-state index contributed by atoms with van der Waals surface area (Å²) in [6.07, 6.45) is 1.40. The molecule has 0 saturated carbocycles. The van der Waals surface area contributed by atoms with E-state index < -0.39 is 0 Å². The van der Waals surface area contributed by atoms with Gasteiger partial charge in [0.25, 0.3) is 0 Å². The van der Waals surface area contributed by atoms with Gasteiger partial charge in [-0.05, 0) is 0 Å². The van der Waals surface area contributed by atoms with Gasteiger partial charge in [-0.3, -0.25) is 0 Å². The van der Waals surface area contributed by atoms with Crippen molar-refractivity contribution in [3.63, 3.8) is 0 Å². The fraction of sp³-hybridized carbons (Fsp3) is 0.833. The van der Waals surface area contributed by atoms with Crippen LogP contribution in [0, 0.1) is 0 Å². The summed E-state index contributed by atoms with van der Waals surface area (Å²) in [6, 6.07) is 0. The summed E-state index contributed by atoms with van der Waals surface area (Å²) in [5.41, 5.74) is 5.27. The van der Waals surface area contributed by atoms with E-state index in [0.29, 0.717) is 66.0 Å². The molecule has 0 saturated heterocycles. The van der Waals surface area contributed by atoms with Crippen LogP contribution in [0.5, 0.6) is 0 Å². The van der Waals surface area contributed by atoms with Crippen molar-refractivity contribution in [3.8, 4) is 0 Å². The number of ether oxygens (including phenoxy) is 5. The Morgan fingerprint density at radius 1 is 0.667 bits per heavy atom. The van der Waals surface area contributed by atoms with E-state index in [9.17, 15) is 0 Å². The third-order valence-corrected chi connectivity index (χ3v) is 1.84. The molecule has 0 amide bonds. The molecule has 0 aliphatic heterocycles. The maximum atomic E-state index is 5.30. The Morgan fingerprint density at radius 2 is 1.06 bits per heavy atom. The van der Waals surface area contributed by atoms with Crippen molar-refractivity contribution in [1.82, 2.24) is 0 Å². The number of hydrogen-bond acceptors (Lipinski definition) is 6. The molecule has 0 aromatic carbocycles. The molecule has 0 fully saturated rings. The molecular weight excluding hydrogens is 238 g/mol. The standard InChI is InChI=1S/C12H25NO5/c1-2-14-5-6-16-9-10-18-12-11-17-8-7-15-4-3-13/h2H,1,3-13H2. The van der Waals surface area contributed by atoms with E-state index in [4.69, 9.17) is 29.4 Å². The molecule has 0 spiro atoms. The first kappa shape index (κ1) is 17.3. The zero-order chi connectivity index (χ0) is 13.3. The Hall–Kier alpha value is -0.660. The minimum absolute atomic E-state index is 0.523. The van der Waals surface area contributed by atoms with E-state index in [2.05, 4.69) is 6.58 Å². The Labute approximate surface area is 109 Å². The van der Waals surface area contributed by atoms with Crippen LogP contribution in [0.2, 0.25) is 0 Å². The minimum atomic E-state index is 0.523. The smallest absolute Gasteiger partial charge is 0.111 e. The topological polar surface area (TPSA) is 72.2 Å². The van der Waals surface area contributed by atoms with Gasteiger partial charge in [-0.2, -0.15) is 0 Å². The van der Waals surface area contributed by atoms with Crippen LogP contribution >= 0.6 is 0 Å². The Bertz CT molecular complexity index is 169. The lowest BCUT2D eigenvalue weighted by atomic mass is 10.7. The van der Waals surface area contributed by atoms with Crippen molar-refractivity contribution in [2.24, 2.45) is 5.73 Å². The Kier molecular flexibility index (Phi) is 15.7. The van der Waals surface area contributed by atoms with Crippen LogP contribution < -0.4 is 5.73 Å². The molecule has 2 N–H and O–H groups in total. The lowest BCUT2D eigenvalue weighted by Crippen LogP contribution is -2.14. The summed E-state index contributed by atoms with van der Waals surface area (Å²) in [7, 11) is 0. The molecule has 0 heterocycles. The van der Waals surface area contributed by atoms with Crippen molar-refractivity contribution in [1.29, 1.82) is 0 Å². The highest BCUT2D eigenvalue weighted by Crippen LogP contribution is 1.83. The zero-order valence-electron chi connectivity index (χ0n) is 11.0. The third-order valence-electron chi connectivity index (χ3n) is 1.84. The normalized spacial score (nSPS) is 10.5. The summed E-state index contributed by atoms with van der Waals surface area (Å²) in [4.78, 5) is 0. The molecular formula is C12H25NO5. The molecule has 108 valence electrons. The summed E-state index contributed by atoms with van der Waals surface area (Å²) >= 11 is 0. The Balaban J connectivity index is 2.88. The van der Waals surface area contributed by atoms with Gasteiger partial charge in [0.05, 0.1) is 59.1 Å². The lowest BCUT2D eigenvalue weighted by Gasteiger charge is -2.07. The van der Waals surface area contributed by atoms with E-state index in [-0.39, 0.29) is 0 Å². The van der Waals surface area contributed by atoms with Crippen LogP contribution in [0.25, 0.3) is 0 Å². The summed E-state index contributed by atoms with van der Waals surface area (Å²) in [6.45, 7) is 8.99. The highest BCUT2D eigenvalue weighted by molar-refractivity contribution is 4.47. The molecule has 0 aliphatic rings. The molecule has 0 aromatic heterocycles. The SMILES string of the molecule is C=COCCOCCOCCOCCOCCN. The highest BCUT2D eigenvalue weighted by Gasteiger charge is 1.92. The lowest BCUT2D eigenvalue weighted by molar-refractivity contribution is -0.00545. The second kappa shape index (κ2) is 16.3. The molecule has 0 aliphatic carbocycles. The molecule has 0 bridgehead atoms. The maximum absolute atomic E-state index is 5.30. The van der Waals surface area contributed by atoms with Crippen LogP contribution in [-0.2, 0) is 23.7 Å². The monoisotopic (exact) mass is 263 g/mol. The number of rotatable bonds is 15. The minimum Gasteiger partial charge on any atom is -0.499 e. The first-order valence-corrected chi connectivity index (χ1v) is 6.15. The van der Waals surface area contributed by atoms with Crippen molar-refractivity contribution in [3.05, 3.63) is 12.8 Å². The van der Waals surface area contributed by atoms with Gasteiger partial charge in [0.2, 0.25) is 0 Å². The van der Waals surface area contributed by atoms with Gasteiger partial charge >= 0.3 is 0 Å². The molecule has 0 radical (unpaired) electrons. The van der Waals surface area contributed by atoms with Gasteiger partial charge in [-0.1, -0.05) is 6.58 Å². The Morgan fingerprint density at radius 3 is 1.44 bits per heavy atom. The second-order valence-electron chi connectivity index (χ2n) is 3.28. The van der Waals surface area contributed by atoms with Crippen LogP contribution in [0.1, 0.15) is 0 Å². The van der Waals surface area contributed by atoms with Crippen LogP contribution in [0.4, 0.5) is 0 Å². The van der Waals surface area contributed by atoms with Crippen molar-refractivity contribution < 1.29 is 23.7 Å². The average Bonchev–Trinajstić information content (AvgIpc) is 2.39. The molecule has 6 heteroatoms. The summed E-state index contributed by atoms with van der Waals surface area (Å²) in [5.74, 6) is 0. The van der Waals surface area contributed by atoms with E-state index in [1.54, 1.807) is 0 Å². The fourth-order valence-electron chi connectivity index (χ4n) is 1.04. The quantitative estimate of drug-likeness (QED) is 0.335. The molecule has 0 atom stereocenters. The van der Waals surface area contributed by atoms with Gasteiger partial charge in [0.15, 0.2) is 0 Å². The molecule has 0 rings (SSSR count). The van der Waals surface area contributed by atoms with E-state index in [1.165, 1.54) is 6.26 Å². The second-order valence-corrected chi connectivity index (χ2v) is 3.28. The highest BCUT2D eigenvalue weighted by atomic mass is 16.6. The van der Waals surface area contributed by atoms with E-state index in [1.807, 2.05) is 0 Å². The van der Waals surface area contributed by atoms with Crippen LogP contribution in [0.3, 0.4) is 0 Å². The van der Waals surface area contributed by atoms with Crippen molar-refractivity contribution in [2.45, 2.75) is 0 Å². The largest absolute Gasteiger partial charge is 0.499 e.